The van der Waals surface area contributed by atoms with Gasteiger partial charge in [0.15, 0.2) is 0 Å². The first kappa shape index (κ1) is 11.7. The van der Waals surface area contributed by atoms with E-state index in [9.17, 15) is 4.79 Å². The molecule has 0 aliphatic carbocycles. The molecule has 0 fully saturated rings. The molecule has 0 aliphatic rings. The summed E-state index contributed by atoms with van der Waals surface area (Å²) in [6.45, 7) is 2.88. The molecule has 1 N–H and O–H groups in total. The number of aryl methyl sites for hydroxylation is 1. The summed E-state index contributed by atoms with van der Waals surface area (Å²) in [5.74, 6) is -0.786. The fraction of sp³-hybridized carbons (Fsp3) is 0.417. The summed E-state index contributed by atoms with van der Waals surface area (Å²) in [7, 11) is 1.82. The quantitative estimate of drug-likeness (QED) is 0.800. The lowest BCUT2D eigenvalue weighted by molar-refractivity contribution is -0.138. The highest BCUT2D eigenvalue weighted by molar-refractivity contribution is 5.69. The van der Waals surface area contributed by atoms with E-state index in [2.05, 4.69) is 19.1 Å². The van der Waals surface area contributed by atoms with Gasteiger partial charge in [-0.15, -0.1) is 0 Å². The lowest BCUT2D eigenvalue weighted by Gasteiger charge is -2.16. The van der Waals surface area contributed by atoms with Gasteiger partial charge in [-0.05, 0) is 24.6 Å². The van der Waals surface area contributed by atoms with E-state index in [-0.39, 0.29) is 6.54 Å². The van der Waals surface area contributed by atoms with Gasteiger partial charge in [-0.3, -0.25) is 9.69 Å². The second kappa shape index (κ2) is 5.51. The molecule has 82 valence electrons. The third-order valence-corrected chi connectivity index (χ3v) is 2.34. The van der Waals surface area contributed by atoms with Crippen LogP contribution in [0.1, 0.15) is 18.1 Å². The molecule has 0 amide bonds. The molecule has 0 spiro atoms. The van der Waals surface area contributed by atoms with Crippen LogP contribution in [0.15, 0.2) is 24.3 Å². The van der Waals surface area contributed by atoms with E-state index < -0.39 is 5.97 Å². The van der Waals surface area contributed by atoms with Crippen molar-refractivity contribution in [2.24, 2.45) is 0 Å². The number of rotatable bonds is 5. The Bertz CT molecular complexity index is 336. The zero-order valence-electron chi connectivity index (χ0n) is 9.23. The highest BCUT2D eigenvalue weighted by Gasteiger charge is 2.06. The van der Waals surface area contributed by atoms with Gasteiger partial charge in [-0.25, -0.2) is 0 Å². The lowest BCUT2D eigenvalue weighted by atomic mass is 10.1. The molecule has 3 nitrogen and oxygen atoms in total. The third kappa shape index (κ3) is 3.72. The molecule has 1 aromatic rings. The summed E-state index contributed by atoms with van der Waals surface area (Å²) < 4.78 is 0. The third-order valence-electron chi connectivity index (χ3n) is 2.34. The summed E-state index contributed by atoms with van der Waals surface area (Å²) in [6.07, 6.45) is 0.983. The molecular weight excluding hydrogens is 190 g/mol. The van der Waals surface area contributed by atoms with E-state index in [0.717, 1.165) is 6.42 Å². The molecule has 3 heteroatoms. The molecule has 0 aromatic heterocycles. The lowest BCUT2D eigenvalue weighted by Crippen LogP contribution is -2.25. The van der Waals surface area contributed by atoms with Crippen LogP contribution >= 0.6 is 0 Å². The van der Waals surface area contributed by atoms with Gasteiger partial charge >= 0.3 is 5.97 Å². The minimum absolute atomic E-state index is 0.0814. The number of benzene rings is 1. The summed E-state index contributed by atoms with van der Waals surface area (Å²) in [5, 5.41) is 8.65. The smallest absolute Gasteiger partial charge is 0.317 e. The molecule has 0 atom stereocenters. The van der Waals surface area contributed by atoms with E-state index in [0.29, 0.717) is 6.54 Å². The molecule has 0 unspecified atom stereocenters. The molecule has 0 radical (unpaired) electrons. The Balaban J connectivity index is 2.67. The van der Waals surface area contributed by atoms with Crippen molar-refractivity contribution >= 4 is 5.97 Å². The summed E-state index contributed by atoms with van der Waals surface area (Å²) in [4.78, 5) is 12.3. The number of hydrogen-bond acceptors (Lipinski definition) is 2. The van der Waals surface area contributed by atoms with E-state index in [1.165, 1.54) is 11.1 Å². The SMILES string of the molecule is CCc1ccccc1CN(C)CC(=O)O. The van der Waals surface area contributed by atoms with Crippen molar-refractivity contribution in [1.82, 2.24) is 4.90 Å². The van der Waals surface area contributed by atoms with Gasteiger partial charge in [0.05, 0.1) is 6.54 Å². The standard InChI is InChI=1S/C12H17NO2/c1-3-10-6-4-5-7-11(10)8-13(2)9-12(14)15/h4-7H,3,8-9H2,1-2H3,(H,14,15). The monoisotopic (exact) mass is 207 g/mol. The Morgan fingerprint density at radius 1 is 1.33 bits per heavy atom. The van der Waals surface area contributed by atoms with Gasteiger partial charge in [0.1, 0.15) is 0 Å². The topological polar surface area (TPSA) is 40.5 Å². The number of nitrogens with zero attached hydrogens (tertiary/aromatic N) is 1. The molecule has 0 heterocycles. The fourth-order valence-electron chi connectivity index (χ4n) is 1.63. The first-order valence-electron chi connectivity index (χ1n) is 5.10. The predicted molar refractivity (Wildman–Crippen MR) is 59.8 cm³/mol. The number of carboxylic acid groups (broad SMARTS) is 1. The number of carbonyl (C=O) groups is 1. The number of carboxylic acids is 1. The zero-order valence-corrected chi connectivity index (χ0v) is 9.23. The summed E-state index contributed by atoms with van der Waals surface area (Å²) in [5.41, 5.74) is 2.50. The molecule has 1 aromatic carbocycles. The van der Waals surface area contributed by atoms with Crippen molar-refractivity contribution in [3.8, 4) is 0 Å². The van der Waals surface area contributed by atoms with Crippen molar-refractivity contribution < 1.29 is 9.90 Å². The van der Waals surface area contributed by atoms with Crippen LogP contribution in [0.2, 0.25) is 0 Å². The van der Waals surface area contributed by atoms with E-state index in [1.54, 1.807) is 4.90 Å². The Labute approximate surface area is 90.3 Å². The highest BCUT2D eigenvalue weighted by atomic mass is 16.4. The van der Waals surface area contributed by atoms with Gasteiger partial charge in [-0.2, -0.15) is 0 Å². The fourth-order valence-corrected chi connectivity index (χ4v) is 1.63. The van der Waals surface area contributed by atoms with Crippen LogP contribution in [0.3, 0.4) is 0 Å². The van der Waals surface area contributed by atoms with Crippen molar-refractivity contribution in [2.45, 2.75) is 19.9 Å². The van der Waals surface area contributed by atoms with Crippen LogP contribution < -0.4 is 0 Å². The van der Waals surface area contributed by atoms with Crippen LogP contribution in [0.25, 0.3) is 0 Å². The highest BCUT2D eigenvalue weighted by Crippen LogP contribution is 2.11. The second-order valence-corrected chi connectivity index (χ2v) is 3.69. The van der Waals surface area contributed by atoms with Gasteiger partial charge in [-0.1, -0.05) is 31.2 Å². The van der Waals surface area contributed by atoms with Crippen LogP contribution in [-0.2, 0) is 17.8 Å². The predicted octanol–water partition coefficient (Wildman–Crippen LogP) is 1.77. The van der Waals surface area contributed by atoms with Crippen LogP contribution in [0.5, 0.6) is 0 Å². The van der Waals surface area contributed by atoms with Gasteiger partial charge in [0, 0.05) is 6.54 Å². The Kier molecular flexibility index (Phi) is 4.31. The maximum Gasteiger partial charge on any atom is 0.317 e. The molecule has 1 rings (SSSR count). The summed E-state index contributed by atoms with van der Waals surface area (Å²) in [6, 6.07) is 8.14. The first-order valence-corrected chi connectivity index (χ1v) is 5.10. The minimum atomic E-state index is -0.786. The maximum absolute atomic E-state index is 10.5. The molecule has 0 saturated carbocycles. The van der Waals surface area contributed by atoms with Crippen molar-refractivity contribution in [3.05, 3.63) is 35.4 Å². The average Bonchev–Trinajstić information content (AvgIpc) is 2.17. The Morgan fingerprint density at radius 3 is 2.47 bits per heavy atom. The van der Waals surface area contributed by atoms with E-state index in [4.69, 9.17) is 5.11 Å². The number of likely N-dealkylation sites (N-methyl/N-ethyl adjacent to an activating group) is 1. The minimum Gasteiger partial charge on any atom is -0.480 e. The Morgan fingerprint density at radius 2 is 1.93 bits per heavy atom. The zero-order chi connectivity index (χ0) is 11.3. The molecular formula is C12H17NO2. The normalized spacial score (nSPS) is 10.6. The van der Waals surface area contributed by atoms with Crippen molar-refractivity contribution in [2.75, 3.05) is 13.6 Å². The second-order valence-electron chi connectivity index (χ2n) is 3.69. The summed E-state index contributed by atoms with van der Waals surface area (Å²) >= 11 is 0. The van der Waals surface area contributed by atoms with E-state index >= 15 is 0 Å². The van der Waals surface area contributed by atoms with Crippen molar-refractivity contribution in [3.63, 3.8) is 0 Å². The van der Waals surface area contributed by atoms with Gasteiger partial charge in [0.25, 0.3) is 0 Å². The first-order chi connectivity index (χ1) is 7.13. The van der Waals surface area contributed by atoms with Crippen LogP contribution in [0, 0.1) is 0 Å². The molecule has 0 saturated heterocycles. The van der Waals surface area contributed by atoms with Gasteiger partial charge in [0.2, 0.25) is 0 Å². The van der Waals surface area contributed by atoms with Gasteiger partial charge < -0.3 is 5.11 Å². The number of hydrogen-bond donors (Lipinski definition) is 1. The Hall–Kier alpha value is -1.35. The average molecular weight is 207 g/mol. The maximum atomic E-state index is 10.5. The van der Waals surface area contributed by atoms with Crippen LogP contribution in [-0.4, -0.2) is 29.6 Å². The molecule has 15 heavy (non-hydrogen) atoms. The number of aliphatic carboxylic acids is 1. The molecule has 0 aliphatic heterocycles. The van der Waals surface area contributed by atoms with E-state index in [1.807, 2.05) is 19.2 Å². The van der Waals surface area contributed by atoms with Crippen LogP contribution in [0.4, 0.5) is 0 Å². The molecule has 0 bridgehead atoms. The van der Waals surface area contributed by atoms with Crippen molar-refractivity contribution in [1.29, 1.82) is 0 Å². The largest absolute Gasteiger partial charge is 0.480 e.